The van der Waals surface area contributed by atoms with E-state index in [2.05, 4.69) is 29.8 Å². The van der Waals surface area contributed by atoms with Gasteiger partial charge >= 0.3 is 53.7 Å². The number of carbonyl (C=O) groups excluding carboxylic acids is 12. The van der Waals surface area contributed by atoms with Crippen LogP contribution in [0.3, 0.4) is 0 Å². The molecule has 34 heteroatoms. The van der Waals surface area contributed by atoms with Crippen LogP contribution in [0.2, 0.25) is 0 Å². The van der Waals surface area contributed by atoms with Gasteiger partial charge in [-0.1, -0.05) is 266 Å². The summed E-state index contributed by atoms with van der Waals surface area (Å²) in [4.78, 5) is 168. The van der Waals surface area contributed by atoms with Crippen molar-refractivity contribution in [3.05, 3.63) is 83.9 Å². The number of carbonyl (C=O) groups is 12. The van der Waals surface area contributed by atoms with Gasteiger partial charge in [-0.15, -0.1) is 0 Å². The Balaban J connectivity index is 1.25. The van der Waals surface area contributed by atoms with Gasteiger partial charge in [-0.3, -0.25) is 43.2 Å². The van der Waals surface area contributed by atoms with Crippen molar-refractivity contribution in [3.8, 4) is 0 Å². The first kappa shape index (κ1) is 119. The first-order valence-electron chi connectivity index (χ1n) is 52.6. The Morgan fingerprint density at radius 3 is 1.51 bits per heavy atom. The molecule has 9 unspecified atom stereocenters. The van der Waals surface area contributed by atoms with Gasteiger partial charge in [0.15, 0.2) is 31.3 Å². The van der Waals surface area contributed by atoms with Crippen molar-refractivity contribution in [2.24, 2.45) is 47.3 Å². The smallest absolute Gasteiger partial charge is 0.366 e. The summed E-state index contributed by atoms with van der Waals surface area (Å²) in [5, 5.41) is 9.14. The van der Waals surface area contributed by atoms with Crippen molar-refractivity contribution >= 4 is 71.4 Å². The predicted octanol–water partition coefficient (Wildman–Crippen LogP) is 16.2. The van der Waals surface area contributed by atoms with Crippen LogP contribution in [-0.2, 0) is 138 Å². The summed E-state index contributed by atoms with van der Waals surface area (Å²) < 4.78 is 126. The van der Waals surface area contributed by atoms with E-state index in [1.54, 1.807) is 82.3 Å². The number of fused-ring (bicyclic) bond motifs is 2. The number of rotatable bonds is 55. The lowest BCUT2D eigenvalue weighted by Crippen LogP contribution is -2.69. The van der Waals surface area contributed by atoms with Crippen LogP contribution in [0.5, 0.6) is 0 Å². The molecule has 6 aliphatic rings. The summed E-state index contributed by atoms with van der Waals surface area (Å²) in [7, 11) is 1.12. The second kappa shape index (κ2) is 62.4. The highest BCUT2D eigenvalue weighted by Gasteiger charge is 2.62. The Morgan fingerprint density at radius 1 is 0.472 bits per heavy atom. The van der Waals surface area contributed by atoms with E-state index in [0.717, 1.165) is 71.3 Å². The minimum atomic E-state index is -2.55. The zero-order chi connectivity index (χ0) is 103. The van der Waals surface area contributed by atoms with Gasteiger partial charge in [0.25, 0.3) is 5.79 Å². The quantitative estimate of drug-likeness (QED) is 0.0240. The Morgan fingerprint density at radius 2 is 0.965 bits per heavy atom. The lowest BCUT2D eigenvalue weighted by atomic mass is 9.76. The summed E-state index contributed by atoms with van der Waals surface area (Å²) in [6.45, 7) is 23.0. The van der Waals surface area contributed by atoms with Crippen LogP contribution in [0, 0.1) is 47.3 Å². The molecule has 2 bridgehead atoms. The lowest BCUT2D eigenvalue weighted by molar-refractivity contribution is -0.392. The topological polar surface area (TPSA) is 416 Å². The molecule has 0 radical (unpaired) electrons. The number of cyclic esters (lactones) is 2. The molecule has 0 saturated carbocycles. The van der Waals surface area contributed by atoms with Crippen LogP contribution in [0.25, 0.3) is 0 Å². The zero-order valence-corrected chi connectivity index (χ0v) is 87.3. The molecule has 2 aromatic carbocycles. The third-order valence-corrected chi connectivity index (χ3v) is 28.5. The molecule has 3 amide bonds. The molecule has 34 nitrogen and oxygen atoms in total. The number of hydrogen-bond donors (Lipinski definition) is 3. The normalized spacial score (nSPS) is 30.2. The molecule has 6 fully saturated rings. The van der Waals surface area contributed by atoms with E-state index >= 15 is 9.59 Å². The second-order valence-corrected chi connectivity index (χ2v) is 39.9. The molecule has 800 valence electrons. The van der Waals surface area contributed by atoms with Crippen LogP contribution in [0.15, 0.2) is 72.8 Å². The van der Waals surface area contributed by atoms with Crippen molar-refractivity contribution in [2.45, 2.75) is 432 Å². The van der Waals surface area contributed by atoms with Crippen molar-refractivity contribution in [1.82, 2.24) is 16.0 Å². The molecule has 2 aromatic rings. The first-order chi connectivity index (χ1) is 68.1. The van der Waals surface area contributed by atoms with Gasteiger partial charge in [-0.25, -0.2) is 14.4 Å². The maximum absolute atomic E-state index is 15.7. The predicted molar refractivity (Wildman–Crippen MR) is 522 cm³/mol. The number of hydrogen-bond acceptors (Lipinski definition) is 31. The Hall–Kier alpha value is -8.58. The number of ether oxygens (including phenoxy) is 19. The highest BCUT2D eigenvalue weighted by atomic mass is 16.8. The minimum absolute atomic E-state index is 0.0890. The van der Waals surface area contributed by atoms with Gasteiger partial charge < -0.3 is 106 Å². The number of benzene rings is 2. The number of unbranched alkanes of at least 4 members (excludes halogenated alkanes) is 25. The van der Waals surface area contributed by atoms with E-state index in [1.807, 2.05) is 33.8 Å². The van der Waals surface area contributed by atoms with Crippen LogP contribution in [0.4, 0.5) is 0 Å². The van der Waals surface area contributed by atoms with Crippen molar-refractivity contribution < 1.29 is 148 Å². The van der Waals surface area contributed by atoms with E-state index in [-0.39, 0.29) is 42.4 Å². The van der Waals surface area contributed by atoms with Crippen LogP contribution in [-0.4, -0.2) is 241 Å². The zero-order valence-electron chi connectivity index (χ0n) is 87.3. The fourth-order valence-corrected chi connectivity index (χ4v) is 19.7. The number of nitrogens with one attached hydrogen (secondary N) is 3. The van der Waals surface area contributed by atoms with Crippen LogP contribution in [0.1, 0.15) is 331 Å². The molecule has 28 atom stereocenters. The average Bonchev–Trinajstić information content (AvgIpc) is 0.745. The third-order valence-electron chi connectivity index (χ3n) is 28.5. The maximum atomic E-state index is 15.7. The Bertz CT molecular complexity index is 4200. The van der Waals surface area contributed by atoms with Gasteiger partial charge in [-0.2, -0.15) is 0 Å². The van der Waals surface area contributed by atoms with E-state index in [9.17, 15) is 47.9 Å². The first-order valence-corrected chi connectivity index (χ1v) is 52.6. The minimum Gasteiger partial charge on any atom is -0.465 e. The van der Waals surface area contributed by atoms with Crippen molar-refractivity contribution in [3.63, 3.8) is 0 Å². The molecule has 8 rings (SSSR count). The van der Waals surface area contributed by atoms with Crippen molar-refractivity contribution in [2.75, 3.05) is 46.8 Å². The monoisotopic (exact) mass is 2000 g/mol. The fraction of sp³-hybridized carbons (Fsp3) is 0.759. The van der Waals surface area contributed by atoms with Gasteiger partial charge in [0.05, 0.1) is 86.4 Å². The van der Waals surface area contributed by atoms with Crippen LogP contribution < -0.4 is 16.0 Å². The molecule has 6 saturated heterocycles. The van der Waals surface area contributed by atoms with E-state index in [1.165, 1.54) is 150 Å². The highest BCUT2D eigenvalue weighted by molar-refractivity contribution is 5.90. The summed E-state index contributed by atoms with van der Waals surface area (Å²) in [6.07, 6.45) is 9.84. The SMILES string of the molecule is CCCCCCCCCCCCC/C=C/[C@H]1OC(=O)CCC(=O)OC[C@@H]2O[C@@H](OC[C@@H]1NC(=O)CCCCCCCCCCCCCCCCC)C(OC(=O)c1ccccc1)C(C)[C@@H]2O[C@@H]1OC(COC(=O)c2ccccc2)[C@H](O[C@@H]2OC(COC(C)=O)[C@H](C)[C@H](O[C@@H]3OC(COC(C)=O)[C@H](C)[C@H](C)C3NC(C)=O)C2NC(C)=O)[C@H](O[C@]2(C(=O)OC)CC(C)[C@@H](C)[C@H]([C@H](C)[C@@H](COC(C)=O)OC(C)=O)O2)C1C. The van der Waals surface area contributed by atoms with E-state index in [4.69, 9.17) is 90.0 Å². The Labute approximate surface area is 841 Å². The molecule has 6 aliphatic heterocycles. The van der Waals surface area contributed by atoms with Gasteiger partial charge in [0.2, 0.25) is 17.7 Å². The van der Waals surface area contributed by atoms with E-state index < -0.39 is 275 Å². The second-order valence-electron chi connectivity index (χ2n) is 39.9. The standard InChI is InChI=1S/C108H167N3O31/c1-18-20-22-24-26-28-30-32-33-35-37-39-41-43-51-57-90(118)111-83-61-130-106-99(137-102(122)82-54-48-45-49-55-82)73(9)96(88(136-106)65-128-91(119)58-59-92(120)132-84(83)56-50-42-40-38-36-34-31-29-27-25-23-21-19-2)138-103-74(10)98(142-108(107(123)124-17)60-67(3)68(4)95(141-108)71(7)86(131-80(16)117)63-126-78(14)115)100(89(135-103)66-129-101(121)81-52-46-44-47-53-81)140-105-94(110-76(12)113)97(72(8)87(134-105)64-127-79(15)116)139-104-93(109-75(11)112)70(6)69(5)85(133-104)62-125-77(13)114/h44-50,52-56,67-74,83-89,93-100,103-106H,18-43,51,57-66H2,1-17H3,(H,109,112)(H,110,113)(H,111,118)/b56-50+/t67?,68-,69-,70+,71-,72+,73?,74?,83+,84-,85?,86-,87?,88+,89?,93?,94?,95-,96+,97+,98-,99?,100+,103+,104+,105+,106-,108+/m1/s1. The molecule has 6 heterocycles. The molecule has 0 aromatic heterocycles. The molecular formula is C108H167N3O31. The van der Waals surface area contributed by atoms with Gasteiger partial charge in [0, 0.05) is 78.1 Å². The molecule has 0 aliphatic carbocycles. The average molecular weight is 2000 g/mol. The summed E-state index contributed by atoms with van der Waals surface area (Å²) in [5.74, 6) is -17.3. The molecule has 0 spiro atoms. The number of amides is 3. The number of methoxy groups -OCH3 is 1. The van der Waals surface area contributed by atoms with Crippen molar-refractivity contribution in [1.29, 1.82) is 0 Å². The molecule has 3 N–H and O–H groups in total. The fourth-order valence-electron chi connectivity index (χ4n) is 19.7. The maximum Gasteiger partial charge on any atom is 0.366 e. The van der Waals surface area contributed by atoms with Gasteiger partial charge in [0.1, 0.15) is 69.6 Å². The van der Waals surface area contributed by atoms with Crippen LogP contribution >= 0.6 is 0 Å². The summed E-state index contributed by atoms with van der Waals surface area (Å²) >= 11 is 0. The number of allylic oxidation sites excluding steroid dienone is 1. The Kier molecular flexibility index (Phi) is 52.2. The molecule has 142 heavy (non-hydrogen) atoms. The number of esters is 9. The third kappa shape index (κ3) is 38.4. The highest BCUT2D eigenvalue weighted by Crippen LogP contribution is 2.48. The lowest BCUT2D eigenvalue weighted by Gasteiger charge is -2.54. The molecular weight excluding hydrogens is 1840 g/mol. The summed E-state index contributed by atoms with van der Waals surface area (Å²) in [6, 6.07) is 12.6. The van der Waals surface area contributed by atoms with E-state index in [0.29, 0.717) is 12.8 Å². The largest absolute Gasteiger partial charge is 0.465 e. The summed E-state index contributed by atoms with van der Waals surface area (Å²) in [5.41, 5.74) is 0.215. The van der Waals surface area contributed by atoms with Gasteiger partial charge in [-0.05, 0) is 73.3 Å².